The predicted molar refractivity (Wildman–Crippen MR) is 115 cm³/mol. The van der Waals surface area contributed by atoms with E-state index < -0.39 is 15.9 Å². The molecular weight excluding hydrogens is 433 g/mol. The van der Waals surface area contributed by atoms with Crippen LogP contribution in [0.2, 0.25) is 10.0 Å². The van der Waals surface area contributed by atoms with E-state index in [9.17, 15) is 13.2 Å². The van der Waals surface area contributed by atoms with Crippen LogP contribution in [0.3, 0.4) is 0 Å². The molecule has 0 spiro atoms. The van der Waals surface area contributed by atoms with E-state index in [0.29, 0.717) is 10.0 Å². The van der Waals surface area contributed by atoms with Crippen LogP contribution in [0.25, 0.3) is 0 Å². The Balaban J connectivity index is 1.76. The van der Waals surface area contributed by atoms with E-state index in [1.54, 1.807) is 36.4 Å². The van der Waals surface area contributed by atoms with Crippen LogP contribution >= 0.6 is 23.2 Å². The Morgan fingerprint density at radius 1 is 0.862 bits per heavy atom. The molecule has 3 rings (SSSR count). The number of carbonyl (C=O) groups is 1. The van der Waals surface area contributed by atoms with E-state index >= 15 is 0 Å². The zero-order valence-corrected chi connectivity index (χ0v) is 17.2. The van der Waals surface area contributed by atoms with Gasteiger partial charge < -0.3 is 0 Å². The average Bonchev–Trinajstić information content (AvgIpc) is 2.70. The standard InChI is InChI=1S/C20H15Cl2N3O3S/c21-15-7-5-14(6-8-15)13-23-24-20(26)18-3-1-2-4-19(18)25-29(27,28)17-11-9-16(22)10-12-17/h1-13,25H,(H,24,26)/b23-13+. The summed E-state index contributed by atoms with van der Waals surface area (Å²) < 4.78 is 27.6. The van der Waals surface area contributed by atoms with Crippen molar-refractivity contribution in [1.29, 1.82) is 0 Å². The number of nitrogens with one attached hydrogen (secondary N) is 2. The third-order valence-electron chi connectivity index (χ3n) is 3.79. The molecule has 0 aliphatic rings. The number of para-hydroxylation sites is 1. The predicted octanol–water partition coefficient (Wildman–Crippen LogP) is 4.56. The highest BCUT2D eigenvalue weighted by atomic mass is 35.5. The second kappa shape index (κ2) is 9.09. The van der Waals surface area contributed by atoms with Gasteiger partial charge in [-0.3, -0.25) is 9.52 Å². The number of benzene rings is 3. The van der Waals surface area contributed by atoms with Gasteiger partial charge in [-0.15, -0.1) is 0 Å². The summed E-state index contributed by atoms with van der Waals surface area (Å²) in [6.07, 6.45) is 1.45. The lowest BCUT2D eigenvalue weighted by Crippen LogP contribution is -2.21. The minimum Gasteiger partial charge on any atom is -0.279 e. The fourth-order valence-electron chi connectivity index (χ4n) is 2.36. The largest absolute Gasteiger partial charge is 0.279 e. The topological polar surface area (TPSA) is 87.6 Å². The summed E-state index contributed by atoms with van der Waals surface area (Å²) in [6.45, 7) is 0. The molecule has 0 saturated heterocycles. The number of hydrogen-bond acceptors (Lipinski definition) is 4. The molecule has 1 amide bonds. The van der Waals surface area contributed by atoms with Crippen LogP contribution in [0.15, 0.2) is 82.8 Å². The Labute approximate surface area is 178 Å². The molecule has 0 aliphatic carbocycles. The summed E-state index contributed by atoms with van der Waals surface area (Å²) in [6, 6.07) is 18.8. The molecule has 29 heavy (non-hydrogen) atoms. The maximum atomic E-state index is 12.6. The lowest BCUT2D eigenvalue weighted by molar-refractivity contribution is 0.0956. The van der Waals surface area contributed by atoms with Crippen LogP contribution < -0.4 is 10.1 Å². The van der Waals surface area contributed by atoms with Crippen LogP contribution in [0.4, 0.5) is 5.69 Å². The summed E-state index contributed by atoms with van der Waals surface area (Å²) in [5, 5.41) is 4.90. The van der Waals surface area contributed by atoms with Crippen molar-refractivity contribution in [2.75, 3.05) is 4.72 Å². The van der Waals surface area contributed by atoms with E-state index in [4.69, 9.17) is 23.2 Å². The molecule has 6 nitrogen and oxygen atoms in total. The van der Waals surface area contributed by atoms with Crippen LogP contribution in [0.1, 0.15) is 15.9 Å². The molecule has 0 radical (unpaired) electrons. The molecule has 3 aromatic rings. The fourth-order valence-corrected chi connectivity index (χ4v) is 3.69. The number of hydrogen-bond donors (Lipinski definition) is 2. The molecule has 0 saturated carbocycles. The molecule has 3 aromatic carbocycles. The van der Waals surface area contributed by atoms with Gasteiger partial charge in [-0.1, -0.05) is 47.5 Å². The van der Waals surface area contributed by atoms with Gasteiger partial charge in [0, 0.05) is 10.0 Å². The number of carbonyl (C=O) groups excluding carboxylic acids is 1. The molecule has 0 atom stereocenters. The zero-order valence-electron chi connectivity index (χ0n) is 14.8. The first-order chi connectivity index (χ1) is 13.8. The Morgan fingerprint density at radius 2 is 1.45 bits per heavy atom. The van der Waals surface area contributed by atoms with Crippen molar-refractivity contribution in [3.63, 3.8) is 0 Å². The lowest BCUT2D eigenvalue weighted by Gasteiger charge is -2.11. The fraction of sp³-hybridized carbons (Fsp3) is 0. The van der Waals surface area contributed by atoms with E-state index in [-0.39, 0.29) is 16.1 Å². The van der Waals surface area contributed by atoms with Crippen molar-refractivity contribution < 1.29 is 13.2 Å². The molecule has 0 bridgehead atoms. The smallest absolute Gasteiger partial charge is 0.273 e. The quantitative estimate of drug-likeness (QED) is 0.428. The van der Waals surface area contributed by atoms with E-state index in [2.05, 4.69) is 15.2 Å². The summed E-state index contributed by atoms with van der Waals surface area (Å²) in [5.41, 5.74) is 3.37. The molecular formula is C20H15Cl2N3O3S. The molecule has 0 fully saturated rings. The first kappa shape index (κ1) is 20.9. The minimum atomic E-state index is -3.89. The Morgan fingerprint density at radius 3 is 2.10 bits per heavy atom. The van der Waals surface area contributed by atoms with Crippen molar-refractivity contribution in [3.8, 4) is 0 Å². The van der Waals surface area contributed by atoms with Crippen LogP contribution in [-0.4, -0.2) is 20.5 Å². The molecule has 0 unspecified atom stereocenters. The Hall–Kier alpha value is -2.87. The minimum absolute atomic E-state index is 0.0258. The number of halogens is 2. The maximum absolute atomic E-state index is 12.6. The number of rotatable bonds is 6. The molecule has 0 aromatic heterocycles. The third kappa shape index (κ3) is 5.57. The summed E-state index contributed by atoms with van der Waals surface area (Å²) in [7, 11) is -3.89. The van der Waals surface area contributed by atoms with Gasteiger partial charge in [0.25, 0.3) is 15.9 Å². The van der Waals surface area contributed by atoms with Crippen molar-refractivity contribution in [2.45, 2.75) is 4.90 Å². The number of hydrazone groups is 1. The Kier molecular flexibility index (Phi) is 6.53. The van der Waals surface area contributed by atoms with Crippen LogP contribution in [0, 0.1) is 0 Å². The number of amides is 1. The highest BCUT2D eigenvalue weighted by Gasteiger charge is 2.18. The first-order valence-electron chi connectivity index (χ1n) is 8.31. The van der Waals surface area contributed by atoms with E-state index in [1.165, 1.54) is 42.6 Å². The van der Waals surface area contributed by atoms with Gasteiger partial charge in [-0.25, -0.2) is 13.8 Å². The summed E-state index contributed by atoms with van der Waals surface area (Å²) >= 11 is 11.6. The maximum Gasteiger partial charge on any atom is 0.273 e. The monoisotopic (exact) mass is 447 g/mol. The van der Waals surface area contributed by atoms with Gasteiger partial charge in [-0.2, -0.15) is 5.10 Å². The molecule has 148 valence electrons. The third-order valence-corrected chi connectivity index (χ3v) is 5.68. The molecule has 2 N–H and O–H groups in total. The zero-order chi connectivity index (χ0) is 20.9. The van der Waals surface area contributed by atoms with Crippen molar-refractivity contribution >= 4 is 51.0 Å². The van der Waals surface area contributed by atoms with E-state index in [1.807, 2.05) is 0 Å². The van der Waals surface area contributed by atoms with Gasteiger partial charge in [0.05, 0.1) is 22.4 Å². The van der Waals surface area contributed by atoms with E-state index in [0.717, 1.165) is 5.56 Å². The normalized spacial score (nSPS) is 11.4. The van der Waals surface area contributed by atoms with Gasteiger partial charge in [0.15, 0.2) is 0 Å². The van der Waals surface area contributed by atoms with Crippen LogP contribution in [0.5, 0.6) is 0 Å². The van der Waals surface area contributed by atoms with Crippen molar-refractivity contribution in [3.05, 3.63) is 94.0 Å². The highest BCUT2D eigenvalue weighted by molar-refractivity contribution is 7.92. The SMILES string of the molecule is O=C(N/N=C/c1ccc(Cl)cc1)c1ccccc1NS(=O)(=O)c1ccc(Cl)cc1. The number of sulfonamides is 1. The van der Waals surface area contributed by atoms with Crippen molar-refractivity contribution in [1.82, 2.24) is 5.43 Å². The van der Waals surface area contributed by atoms with Gasteiger partial charge in [0.2, 0.25) is 0 Å². The average molecular weight is 448 g/mol. The molecule has 9 heteroatoms. The number of nitrogens with zero attached hydrogens (tertiary/aromatic N) is 1. The summed E-state index contributed by atoms with van der Waals surface area (Å²) in [5.74, 6) is -0.565. The van der Waals surface area contributed by atoms with Crippen LogP contribution in [-0.2, 0) is 10.0 Å². The first-order valence-corrected chi connectivity index (χ1v) is 10.6. The van der Waals surface area contributed by atoms with Crippen molar-refractivity contribution in [2.24, 2.45) is 5.10 Å². The van der Waals surface area contributed by atoms with Gasteiger partial charge in [-0.05, 0) is 54.1 Å². The van der Waals surface area contributed by atoms with Gasteiger partial charge in [0.1, 0.15) is 0 Å². The molecule has 0 heterocycles. The number of anilines is 1. The van der Waals surface area contributed by atoms with Gasteiger partial charge >= 0.3 is 0 Å². The summed E-state index contributed by atoms with van der Waals surface area (Å²) in [4.78, 5) is 12.5. The second-order valence-electron chi connectivity index (χ2n) is 5.86. The Bertz CT molecular complexity index is 1150. The molecule has 0 aliphatic heterocycles. The second-order valence-corrected chi connectivity index (χ2v) is 8.41. The highest BCUT2D eigenvalue weighted by Crippen LogP contribution is 2.21. The lowest BCUT2D eigenvalue weighted by atomic mass is 10.2.